The van der Waals surface area contributed by atoms with Gasteiger partial charge in [-0.25, -0.2) is 4.79 Å². The van der Waals surface area contributed by atoms with Crippen molar-refractivity contribution in [3.8, 4) is 11.5 Å². The number of alkyl halides is 3. The number of amides is 1. The quantitative estimate of drug-likeness (QED) is 0.827. The highest BCUT2D eigenvalue weighted by Gasteiger charge is 2.40. The second kappa shape index (κ2) is 7.01. The molecule has 0 aliphatic rings. The van der Waals surface area contributed by atoms with Crippen molar-refractivity contribution in [2.75, 3.05) is 14.2 Å². The van der Waals surface area contributed by atoms with Crippen LogP contribution >= 0.6 is 0 Å². The molecule has 0 spiro atoms. The van der Waals surface area contributed by atoms with Gasteiger partial charge in [0.2, 0.25) is 0 Å². The van der Waals surface area contributed by atoms with E-state index in [0.29, 0.717) is 17.1 Å². The Hall–Kier alpha value is -2.45. The predicted molar refractivity (Wildman–Crippen MR) is 68.9 cm³/mol. The molecule has 0 fully saturated rings. The topological polar surface area (TPSA) is 84.9 Å². The third-order valence-electron chi connectivity index (χ3n) is 2.75. The highest BCUT2D eigenvalue weighted by molar-refractivity contribution is 5.87. The smallest absolute Gasteiger partial charge is 0.471 e. The van der Waals surface area contributed by atoms with Crippen LogP contribution in [0.15, 0.2) is 18.2 Å². The number of rotatable bonds is 6. The van der Waals surface area contributed by atoms with Crippen LogP contribution in [0, 0.1) is 0 Å². The number of ether oxygens (including phenoxy) is 2. The lowest BCUT2D eigenvalue weighted by Gasteiger charge is -2.16. The Balaban J connectivity index is 2.92. The van der Waals surface area contributed by atoms with E-state index in [0.717, 1.165) is 0 Å². The summed E-state index contributed by atoms with van der Waals surface area (Å²) in [7, 11) is 2.77. The third kappa shape index (κ3) is 4.54. The number of aliphatic carboxylic acids is 1. The van der Waals surface area contributed by atoms with Crippen molar-refractivity contribution in [3.63, 3.8) is 0 Å². The second-order valence-corrected chi connectivity index (χ2v) is 4.26. The van der Waals surface area contributed by atoms with Gasteiger partial charge < -0.3 is 19.9 Å². The van der Waals surface area contributed by atoms with Crippen LogP contribution < -0.4 is 14.8 Å². The summed E-state index contributed by atoms with van der Waals surface area (Å²) >= 11 is 0. The van der Waals surface area contributed by atoms with Gasteiger partial charge >= 0.3 is 18.1 Å². The van der Waals surface area contributed by atoms with Crippen molar-refractivity contribution in [1.29, 1.82) is 0 Å². The summed E-state index contributed by atoms with van der Waals surface area (Å²) in [6, 6.07) is 2.66. The van der Waals surface area contributed by atoms with Crippen molar-refractivity contribution in [3.05, 3.63) is 23.8 Å². The average molecular weight is 321 g/mol. The summed E-state index contributed by atoms with van der Waals surface area (Å²) < 4.78 is 46.6. The molecule has 9 heteroatoms. The summed E-state index contributed by atoms with van der Waals surface area (Å²) in [6.45, 7) is 0. The fourth-order valence-electron chi connectivity index (χ4n) is 1.68. The van der Waals surface area contributed by atoms with Gasteiger partial charge in [-0.3, -0.25) is 4.79 Å². The summed E-state index contributed by atoms with van der Waals surface area (Å²) in [6.07, 6.45) is -5.48. The van der Waals surface area contributed by atoms with Crippen LogP contribution in [-0.2, 0) is 16.0 Å². The van der Waals surface area contributed by atoms with Gasteiger partial charge in [0.05, 0.1) is 14.2 Å². The molecule has 1 aromatic carbocycles. The number of hydrogen-bond donors (Lipinski definition) is 2. The first-order valence-corrected chi connectivity index (χ1v) is 6.00. The zero-order chi connectivity index (χ0) is 16.9. The molecule has 0 aliphatic carbocycles. The zero-order valence-electron chi connectivity index (χ0n) is 11.7. The molecule has 0 heterocycles. The molecule has 122 valence electrons. The van der Waals surface area contributed by atoms with Gasteiger partial charge in [0.15, 0.2) is 11.5 Å². The molecule has 0 aromatic heterocycles. The minimum absolute atomic E-state index is 0.297. The van der Waals surface area contributed by atoms with Crippen LogP contribution in [0.4, 0.5) is 13.2 Å². The van der Waals surface area contributed by atoms with Crippen LogP contribution in [0.5, 0.6) is 11.5 Å². The molecule has 1 amide bonds. The highest BCUT2D eigenvalue weighted by atomic mass is 19.4. The summed E-state index contributed by atoms with van der Waals surface area (Å²) in [5.74, 6) is -3.20. The van der Waals surface area contributed by atoms with E-state index in [2.05, 4.69) is 0 Å². The number of nitrogens with one attached hydrogen (secondary N) is 1. The first-order valence-electron chi connectivity index (χ1n) is 6.00. The van der Waals surface area contributed by atoms with Crippen LogP contribution in [-0.4, -0.2) is 43.4 Å². The molecule has 6 nitrogen and oxygen atoms in total. The predicted octanol–water partition coefficient (Wildman–Crippen LogP) is 1.38. The molecule has 0 radical (unpaired) electrons. The summed E-state index contributed by atoms with van der Waals surface area (Å²) in [5.41, 5.74) is 0.368. The molecule has 0 saturated carbocycles. The molecular formula is C13H14F3NO5. The molecule has 1 atom stereocenters. The Morgan fingerprint density at radius 2 is 1.82 bits per heavy atom. The average Bonchev–Trinajstić information content (AvgIpc) is 2.45. The van der Waals surface area contributed by atoms with Gasteiger partial charge in [-0.1, -0.05) is 6.07 Å². The maximum Gasteiger partial charge on any atom is 0.471 e. The third-order valence-corrected chi connectivity index (χ3v) is 2.75. The van der Waals surface area contributed by atoms with E-state index in [1.54, 1.807) is 0 Å². The van der Waals surface area contributed by atoms with Gasteiger partial charge in [0.1, 0.15) is 6.04 Å². The van der Waals surface area contributed by atoms with Crippen molar-refractivity contribution in [2.24, 2.45) is 0 Å². The maximum absolute atomic E-state index is 12.2. The molecular weight excluding hydrogens is 307 g/mol. The lowest BCUT2D eigenvalue weighted by atomic mass is 10.1. The van der Waals surface area contributed by atoms with Crippen LogP contribution in [0.2, 0.25) is 0 Å². The van der Waals surface area contributed by atoms with E-state index < -0.39 is 24.1 Å². The first-order chi connectivity index (χ1) is 10.2. The number of halogens is 3. The van der Waals surface area contributed by atoms with E-state index in [-0.39, 0.29) is 6.42 Å². The fourth-order valence-corrected chi connectivity index (χ4v) is 1.68. The number of carboxylic acid groups (broad SMARTS) is 1. The molecule has 1 rings (SSSR count). The first kappa shape index (κ1) is 17.6. The van der Waals surface area contributed by atoms with Gasteiger partial charge in [0.25, 0.3) is 0 Å². The number of benzene rings is 1. The monoisotopic (exact) mass is 321 g/mol. The molecule has 0 saturated heterocycles. The van der Waals surface area contributed by atoms with Gasteiger partial charge in [-0.05, 0) is 17.7 Å². The second-order valence-electron chi connectivity index (χ2n) is 4.26. The van der Waals surface area contributed by atoms with Crippen LogP contribution in [0.25, 0.3) is 0 Å². The molecule has 1 unspecified atom stereocenters. The standard InChI is InChI=1S/C13H14F3NO5/c1-21-9-4-3-7(6-10(9)22-2)5-8(11(18)19)17-12(20)13(14,15)16/h3-4,6,8H,5H2,1-2H3,(H,17,20)(H,18,19). The van der Waals surface area contributed by atoms with Crippen molar-refractivity contribution >= 4 is 11.9 Å². The molecule has 1 aromatic rings. The number of carbonyl (C=O) groups is 2. The number of carbonyl (C=O) groups excluding carboxylic acids is 1. The molecule has 0 aliphatic heterocycles. The van der Waals surface area contributed by atoms with Gasteiger partial charge in [0, 0.05) is 6.42 Å². The Morgan fingerprint density at radius 1 is 1.23 bits per heavy atom. The van der Waals surface area contributed by atoms with Crippen LogP contribution in [0.1, 0.15) is 5.56 Å². The van der Waals surface area contributed by atoms with Crippen molar-refractivity contribution in [1.82, 2.24) is 5.32 Å². The van der Waals surface area contributed by atoms with E-state index in [1.165, 1.54) is 37.7 Å². The largest absolute Gasteiger partial charge is 0.493 e. The zero-order valence-corrected chi connectivity index (χ0v) is 11.7. The van der Waals surface area contributed by atoms with Crippen LogP contribution in [0.3, 0.4) is 0 Å². The fraction of sp³-hybridized carbons (Fsp3) is 0.385. The van der Waals surface area contributed by atoms with Crippen molar-refractivity contribution < 1.29 is 37.3 Å². The molecule has 22 heavy (non-hydrogen) atoms. The SMILES string of the molecule is COc1ccc(CC(NC(=O)C(F)(F)F)C(=O)O)cc1OC. The van der Waals surface area contributed by atoms with Gasteiger partial charge in [-0.15, -0.1) is 0 Å². The highest BCUT2D eigenvalue weighted by Crippen LogP contribution is 2.28. The number of methoxy groups -OCH3 is 2. The maximum atomic E-state index is 12.2. The molecule has 0 bridgehead atoms. The minimum Gasteiger partial charge on any atom is -0.493 e. The Morgan fingerprint density at radius 3 is 2.27 bits per heavy atom. The van der Waals surface area contributed by atoms with Crippen molar-refractivity contribution in [2.45, 2.75) is 18.6 Å². The van der Waals surface area contributed by atoms with E-state index in [4.69, 9.17) is 14.6 Å². The normalized spacial score (nSPS) is 12.4. The number of hydrogen-bond acceptors (Lipinski definition) is 4. The molecule has 2 N–H and O–H groups in total. The number of carboxylic acids is 1. The Kier molecular flexibility index (Phi) is 5.61. The lowest BCUT2D eigenvalue weighted by molar-refractivity contribution is -0.175. The minimum atomic E-state index is -5.15. The Bertz CT molecular complexity index is 559. The van der Waals surface area contributed by atoms with E-state index in [9.17, 15) is 22.8 Å². The van der Waals surface area contributed by atoms with E-state index >= 15 is 0 Å². The summed E-state index contributed by atoms with van der Waals surface area (Å²) in [4.78, 5) is 21.9. The lowest BCUT2D eigenvalue weighted by Crippen LogP contribution is -2.47. The van der Waals surface area contributed by atoms with Gasteiger partial charge in [-0.2, -0.15) is 13.2 Å². The van der Waals surface area contributed by atoms with E-state index in [1.807, 2.05) is 0 Å². The summed E-state index contributed by atoms with van der Waals surface area (Å²) in [5, 5.41) is 10.4. The Labute approximate surface area is 123 Å².